The summed E-state index contributed by atoms with van der Waals surface area (Å²) >= 11 is 0. The third kappa shape index (κ3) is 229. The van der Waals surface area contributed by atoms with Gasteiger partial charge in [0.2, 0.25) is 0 Å². The van der Waals surface area contributed by atoms with Crippen molar-refractivity contribution < 1.29 is 24.7 Å². The average Bonchev–Trinajstić information content (AvgIpc) is 0.722. The van der Waals surface area contributed by atoms with Gasteiger partial charge in [0.15, 0.2) is 0 Å². The molecule has 0 heterocycles. The second-order valence-corrected chi connectivity index (χ2v) is 1.34. The number of hydrogen-bond acceptors (Lipinski definition) is 4. The predicted octanol–water partition coefficient (Wildman–Crippen LogP) is -4.03. The summed E-state index contributed by atoms with van der Waals surface area (Å²) in [4.78, 5) is 25.6. The molecule has 0 aromatic carbocycles. The first-order valence-electron chi connectivity index (χ1n) is 0.730. The van der Waals surface area contributed by atoms with Crippen molar-refractivity contribution >= 4 is 30.9 Å². The van der Waals surface area contributed by atoms with E-state index in [4.69, 9.17) is 19.2 Å². The Morgan fingerprint density at radius 2 is 1.14 bits per heavy atom. The van der Waals surface area contributed by atoms with Crippen LogP contribution in [0.5, 0.6) is 0 Å². The summed E-state index contributed by atoms with van der Waals surface area (Å²) < 4.78 is 8.55. The van der Waals surface area contributed by atoms with Crippen LogP contribution >= 0.6 is 7.82 Å². The minimum atomic E-state index is -5.39. The third-order valence-corrected chi connectivity index (χ3v) is 0. The molecule has 7 heavy (non-hydrogen) atoms. The standard InChI is InChI=1S/Mg.H3O4P.H2O/c;1-5(2,3)4;/h;(H3,1,2,3,4);1H2/q+2;;/p-3. The van der Waals surface area contributed by atoms with Crippen LogP contribution in [0, 0.1) is 0 Å². The van der Waals surface area contributed by atoms with Gasteiger partial charge in [-0.3, -0.25) is 0 Å². The minimum absolute atomic E-state index is 0. The van der Waals surface area contributed by atoms with Gasteiger partial charge in [0.25, 0.3) is 0 Å². The molecule has 2 N–H and O–H groups in total. The molecule has 0 aliphatic carbocycles. The van der Waals surface area contributed by atoms with Gasteiger partial charge in [-0.15, -0.1) is 0 Å². The molecule has 0 spiro atoms. The molecule has 0 saturated carbocycles. The summed E-state index contributed by atoms with van der Waals surface area (Å²) in [6, 6.07) is 0. The van der Waals surface area contributed by atoms with Crippen molar-refractivity contribution in [3.05, 3.63) is 0 Å². The van der Waals surface area contributed by atoms with E-state index in [0.717, 1.165) is 0 Å². The first kappa shape index (κ1) is 15.7. The number of rotatable bonds is 0. The van der Waals surface area contributed by atoms with E-state index in [2.05, 4.69) is 0 Å². The Morgan fingerprint density at radius 3 is 1.14 bits per heavy atom. The second-order valence-electron chi connectivity index (χ2n) is 0.447. The maximum Gasteiger partial charge on any atom is 2.00 e. The van der Waals surface area contributed by atoms with Crippen LogP contribution in [0.25, 0.3) is 0 Å². The second kappa shape index (κ2) is 4.98. The van der Waals surface area contributed by atoms with Gasteiger partial charge in [0, 0.05) is 0 Å². The molecular weight excluding hydrogens is 135 g/mol. The van der Waals surface area contributed by atoms with E-state index >= 15 is 0 Å². The molecular formula is H2MgO5P-. The van der Waals surface area contributed by atoms with Gasteiger partial charge in [0.1, 0.15) is 0 Å². The Kier molecular flexibility index (Phi) is 11.1. The number of phosphoric acid groups is 1. The minimum Gasteiger partial charge on any atom is -0.822 e. The molecule has 0 aliphatic heterocycles. The van der Waals surface area contributed by atoms with Crippen LogP contribution in [0.1, 0.15) is 0 Å². The van der Waals surface area contributed by atoms with Gasteiger partial charge in [-0.1, -0.05) is 0 Å². The van der Waals surface area contributed by atoms with Crippen LogP contribution in [0.3, 0.4) is 0 Å². The van der Waals surface area contributed by atoms with Gasteiger partial charge in [-0.05, 0) is 0 Å². The summed E-state index contributed by atoms with van der Waals surface area (Å²) in [5.41, 5.74) is 0. The Bertz CT molecular complexity index is 54.2. The van der Waals surface area contributed by atoms with E-state index in [1.807, 2.05) is 0 Å². The quantitative estimate of drug-likeness (QED) is 0.249. The zero-order valence-corrected chi connectivity index (χ0v) is 5.60. The molecule has 0 fully saturated rings. The van der Waals surface area contributed by atoms with E-state index in [-0.39, 0.29) is 28.5 Å². The zero-order valence-electron chi connectivity index (χ0n) is 3.29. The molecule has 0 bridgehead atoms. The van der Waals surface area contributed by atoms with E-state index in [1.165, 1.54) is 0 Å². The Labute approximate surface area is 56.1 Å². The van der Waals surface area contributed by atoms with Crippen LogP contribution in [-0.2, 0) is 4.57 Å². The van der Waals surface area contributed by atoms with Crippen molar-refractivity contribution in [1.82, 2.24) is 0 Å². The van der Waals surface area contributed by atoms with Crippen molar-refractivity contribution in [3.63, 3.8) is 0 Å². The maximum atomic E-state index is 8.55. The molecule has 0 atom stereocenters. The largest absolute Gasteiger partial charge is 2.00 e. The van der Waals surface area contributed by atoms with Crippen LogP contribution in [-0.4, -0.2) is 28.5 Å². The predicted molar refractivity (Wildman–Crippen MR) is 17.0 cm³/mol. The van der Waals surface area contributed by atoms with Crippen molar-refractivity contribution in [2.24, 2.45) is 0 Å². The molecule has 0 radical (unpaired) electrons. The molecule has 0 aromatic heterocycles. The van der Waals surface area contributed by atoms with Gasteiger partial charge in [-0.2, -0.15) is 7.82 Å². The topological polar surface area (TPSA) is 118 Å². The Balaban J connectivity index is -0.0000000800. The molecule has 0 rings (SSSR count). The molecule has 0 aliphatic rings. The van der Waals surface area contributed by atoms with Crippen molar-refractivity contribution in [3.8, 4) is 0 Å². The third-order valence-electron chi connectivity index (χ3n) is 0. The Hall–Kier alpha value is 0.836. The van der Waals surface area contributed by atoms with Gasteiger partial charge in [-0.25, -0.2) is 0 Å². The Morgan fingerprint density at radius 1 is 1.14 bits per heavy atom. The fourth-order valence-corrected chi connectivity index (χ4v) is 0. The van der Waals surface area contributed by atoms with Crippen molar-refractivity contribution in [2.45, 2.75) is 0 Å². The molecule has 5 nitrogen and oxygen atoms in total. The fraction of sp³-hybridized carbons (Fsp3) is 0. The normalized spacial score (nSPS) is 8.43. The van der Waals surface area contributed by atoms with E-state index in [9.17, 15) is 0 Å². The van der Waals surface area contributed by atoms with Crippen LogP contribution in [0.4, 0.5) is 0 Å². The molecule has 0 saturated heterocycles. The molecule has 0 aromatic rings. The monoisotopic (exact) mass is 137 g/mol. The van der Waals surface area contributed by atoms with Gasteiger partial charge in [0.05, 0.1) is 0 Å². The van der Waals surface area contributed by atoms with E-state index < -0.39 is 7.82 Å². The summed E-state index contributed by atoms with van der Waals surface area (Å²) in [6.45, 7) is 0. The first-order chi connectivity index (χ1) is 2.00. The molecule has 0 unspecified atom stereocenters. The summed E-state index contributed by atoms with van der Waals surface area (Å²) in [5, 5.41) is 0. The summed E-state index contributed by atoms with van der Waals surface area (Å²) in [7, 11) is -5.39. The number of hydrogen-bond donors (Lipinski definition) is 0. The van der Waals surface area contributed by atoms with Crippen LogP contribution in [0.2, 0.25) is 0 Å². The van der Waals surface area contributed by atoms with Gasteiger partial charge < -0.3 is 24.7 Å². The van der Waals surface area contributed by atoms with E-state index in [0.29, 0.717) is 0 Å². The van der Waals surface area contributed by atoms with Crippen molar-refractivity contribution in [2.75, 3.05) is 0 Å². The maximum absolute atomic E-state index is 8.55. The summed E-state index contributed by atoms with van der Waals surface area (Å²) in [6.07, 6.45) is 0. The average molecular weight is 137 g/mol. The van der Waals surface area contributed by atoms with Crippen LogP contribution in [0.15, 0.2) is 0 Å². The molecule has 40 valence electrons. The molecule has 7 heteroatoms. The van der Waals surface area contributed by atoms with Crippen LogP contribution < -0.4 is 14.7 Å². The van der Waals surface area contributed by atoms with Crippen molar-refractivity contribution in [1.29, 1.82) is 0 Å². The smallest absolute Gasteiger partial charge is 0.822 e. The van der Waals surface area contributed by atoms with Gasteiger partial charge >= 0.3 is 23.1 Å². The SMILES string of the molecule is O.O=P([O-])([O-])[O-].[Mg+2]. The fourth-order valence-electron chi connectivity index (χ4n) is 0. The van der Waals surface area contributed by atoms with E-state index in [1.54, 1.807) is 0 Å². The summed E-state index contributed by atoms with van der Waals surface area (Å²) in [5.74, 6) is 0. The zero-order chi connectivity index (χ0) is 4.50. The first-order valence-corrected chi connectivity index (χ1v) is 2.19. The molecule has 0 amide bonds.